The molecule has 2 unspecified atom stereocenters. The molecule has 2 aromatic rings. The molecule has 3 rings (SSSR count). The Bertz CT molecular complexity index is 907. The molecule has 2 N–H and O–H groups in total. The number of pyridine rings is 1. The van der Waals surface area contributed by atoms with Crippen LogP contribution >= 0.6 is 0 Å². The second-order valence-electron chi connectivity index (χ2n) is 9.18. The van der Waals surface area contributed by atoms with Crippen LogP contribution in [0, 0.1) is 5.92 Å². The molecule has 2 heterocycles. The minimum absolute atomic E-state index is 0.115. The molecule has 0 amide bonds. The van der Waals surface area contributed by atoms with Gasteiger partial charge in [0.1, 0.15) is 5.75 Å². The molecule has 34 heavy (non-hydrogen) atoms. The van der Waals surface area contributed by atoms with Gasteiger partial charge in [0, 0.05) is 30.7 Å². The summed E-state index contributed by atoms with van der Waals surface area (Å²) in [5, 5.41) is 15.6. The van der Waals surface area contributed by atoms with Crippen LogP contribution in [0.4, 0.5) is 0 Å². The summed E-state index contributed by atoms with van der Waals surface area (Å²) in [5.74, 6) is 0.355. The summed E-state index contributed by atoms with van der Waals surface area (Å²) in [6, 6.07) is 7.67. The summed E-state index contributed by atoms with van der Waals surface area (Å²) >= 11 is 0. The van der Waals surface area contributed by atoms with Crippen LogP contribution < -0.4 is 10.1 Å². The third kappa shape index (κ3) is 7.14. The van der Waals surface area contributed by atoms with Crippen LogP contribution in [-0.2, 0) is 9.53 Å². The first kappa shape index (κ1) is 26.4. The van der Waals surface area contributed by atoms with Crippen LogP contribution in [0.3, 0.4) is 0 Å². The van der Waals surface area contributed by atoms with Gasteiger partial charge in [0.05, 0.1) is 31.3 Å². The predicted molar refractivity (Wildman–Crippen MR) is 135 cm³/mol. The number of methoxy groups -OCH3 is 1. The summed E-state index contributed by atoms with van der Waals surface area (Å²) in [6.07, 6.45) is 8.04. The molecule has 1 aliphatic rings. The van der Waals surface area contributed by atoms with Crippen LogP contribution in [0.2, 0.25) is 0 Å². The second-order valence-corrected chi connectivity index (χ2v) is 9.18. The Kier molecular flexibility index (Phi) is 10.6. The van der Waals surface area contributed by atoms with E-state index in [0.717, 1.165) is 48.1 Å². The van der Waals surface area contributed by atoms with E-state index in [2.05, 4.69) is 22.1 Å². The number of benzene rings is 1. The molecule has 1 fully saturated rings. The van der Waals surface area contributed by atoms with Crippen LogP contribution in [0.15, 0.2) is 30.5 Å². The number of nitrogens with one attached hydrogen (secondary N) is 1. The van der Waals surface area contributed by atoms with Crippen molar-refractivity contribution >= 4 is 16.9 Å². The minimum atomic E-state index is -0.691. The van der Waals surface area contributed by atoms with Crippen molar-refractivity contribution in [2.45, 2.75) is 64.5 Å². The van der Waals surface area contributed by atoms with Crippen LogP contribution in [-0.4, -0.2) is 66.9 Å². The van der Waals surface area contributed by atoms with E-state index in [1.54, 1.807) is 13.3 Å². The Morgan fingerprint density at radius 1 is 1.24 bits per heavy atom. The number of ether oxygens (including phenoxy) is 2. The fourth-order valence-electron chi connectivity index (χ4n) is 4.84. The number of nitrogens with zero attached hydrogens (tertiary/aromatic N) is 2. The summed E-state index contributed by atoms with van der Waals surface area (Å²) in [7, 11) is 1.63. The van der Waals surface area contributed by atoms with Crippen LogP contribution in [0.5, 0.6) is 5.75 Å². The second kappa shape index (κ2) is 13.6. The number of fused-ring (bicyclic) bond motifs is 1. The van der Waals surface area contributed by atoms with Gasteiger partial charge >= 0.3 is 5.97 Å². The van der Waals surface area contributed by atoms with E-state index >= 15 is 0 Å². The molecule has 3 atom stereocenters. The largest absolute Gasteiger partial charge is 0.497 e. The smallest absolute Gasteiger partial charge is 0.311 e. The highest BCUT2D eigenvalue weighted by Gasteiger charge is 2.35. The minimum Gasteiger partial charge on any atom is -0.497 e. The van der Waals surface area contributed by atoms with Crippen molar-refractivity contribution in [3.05, 3.63) is 36.0 Å². The van der Waals surface area contributed by atoms with Crippen molar-refractivity contribution in [2.75, 3.05) is 39.9 Å². The Morgan fingerprint density at radius 3 is 2.82 bits per heavy atom. The molecule has 0 bridgehead atoms. The molecule has 7 nitrogen and oxygen atoms in total. The number of unbranched alkanes of at least 4 members (excludes halogenated alkanes) is 4. The molecular weight excluding hydrogens is 430 g/mol. The summed E-state index contributed by atoms with van der Waals surface area (Å²) < 4.78 is 10.8. The third-order valence-electron chi connectivity index (χ3n) is 6.75. The van der Waals surface area contributed by atoms with Gasteiger partial charge in [-0.3, -0.25) is 14.7 Å². The fourth-order valence-corrected chi connectivity index (χ4v) is 4.84. The van der Waals surface area contributed by atoms with Crippen molar-refractivity contribution in [2.24, 2.45) is 5.92 Å². The molecule has 0 radical (unpaired) electrons. The van der Waals surface area contributed by atoms with E-state index in [1.807, 2.05) is 31.2 Å². The van der Waals surface area contributed by atoms with Gasteiger partial charge in [0.2, 0.25) is 0 Å². The number of β-amino-alcohol motifs (C(OH)–C–C–N with tert-alkyl or cyclic N) is 1. The lowest BCUT2D eigenvalue weighted by atomic mass is 9.91. The highest BCUT2D eigenvalue weighted by Crippen LogP contribution is 2.28. The Morgan fingerprint density at radius 2 is 2.06 bits per heavy atom. The first-order chi connectivity index (χ1) is 16.6. The van der Waals surface area contributed by atoms with Crippen molar-refractivity contribution < 1.29 is 19.4 Å². The average Bonchev–Trinajstić information content (AvgIpc) is 2.86. The van der Waals surface area contributed by atoms with Gasteiger partial charge in [-0.2, -0.15) is 0 Å². The summed E-state index contributed by atoms with van der Waals surface area (Å²) in [6.45, 7) is 7.24. The molecule has 1 saturated heterocycles. The van der Waals surface area contributed by atoms with Gasteiger partial charge in [0.15, 0.2) is 0 Å². The number of aromatic nitrogens is 1. The molecule has 7 heteroatoms. The first-order valence-electron chi connectivity index (χ1n) is 12.8. The highest BCUT2D eigenvalue weighted by atomic mass is 16.5. The lowest BCUT2D eigenvalue weighted by Gasteiger charge is -2.38. The molecule has 0 spiro atoms. The van der Waals surface area contributed by atoms with E-state index in [9.17, 15) is 9.90 Å². The maximum atomic E-state index is 12.8. The lowest BCUT2D eigenvalue weighted by molar-refractivity contribution is -0.151. The van der Waals surface area contributed by atoms with Gasteiger partial charge in [-0.25, -0.2) is 0 Å². The zero-order valence-corrected chi connectivity index (χ0v) is 21.0. The number of carbonyl (C=O) groups excluding carboxylic acids is 1. The summed E-state index contributed by atoms with van der Waals surface area (Å²) in [5.41, 5.74) is 1.65. The topological polar surface area (TPSA) is 83.9 Å². The highest BCUT2D eigenvalue weighted by molar-refractivity contribution is 5.83. The number of aliphatic hydroxyl groups excluding tert-OH is 1. The van der Waals surface area contributed by atoms with Gasteiger partial charge in [0.25, 0.3) is 0 Å². The Hall–Kier alpha value is -2.22. The number of carbonyl (C=O) groups is 1. The molecular formula is C27H41N3O4. The van der Waals surface area contributed by atoms with Crippen molar-refractivity contribution in [3.8, 4) is 5.75 Å². The zero-order valence-electron chi connectivity index (χ0n) is 21.0. The molecule has 0 aliphatic carbocycles. The average molecular weight is 472 g/mol. The van der Waals surface area contributed by atoms with E-state index in [4.69, 9.17) is 9.47 Å². The zero-order chi connectivity index (χ0) is 24.3. The number of aliphatic hydroxyl groups is 1. The SMILES string of the molecule is CCCCCCCNC1CCN(C[C@H](O)c2ccnc3ccc(OC)cc23)CC1C(=O)OCC. The maximum Gasteiger partial charge on any atom is 0.311 e. The first-order valence-corrected chi connectivity index (χ1v) is 12.8. The van der Waals surface area contributed by atoms with E-state index < -0.39 is 6.10 Å². The van der Waals surface area contributed by atoms with Crippen LogP contribution in [0.1, 0.15) is 64.0 Å². The molecule has 188 valence electrons. The third-order valence-corrected chi connectivity index (χ3v) is 6.75. The standard InChI is InChI=1S/C27H41N3O4/c1-4-6-7-8-9-14-28-25-13-16-30(18-23(25)27(32)34-5-2)19-26(31)21-12-15-29-24-11-10-20(33-3)17-22(21)24/h10-12,15,17,23,25-26,28,31H,4-9,13-14,16,18-19H2,1-3H3/t23?,25?,26-/m0/s1. The van der Waals surface area contributed by atoms with Crippen molar-refractivity contribution in [3.63, 3.8) is 0 Å². The molecule has 1 aliphatic heterocycles. The van der Waals surface area contributed by atoms with Gasteiger partial charge < -0.3 is 19.9 Å². The number of rotatable bonds is 13. The molecule has 0 saturated carbocycles. The molecule has 1 aromatic heterocycles. The maximum absolute atomic E-state index is 12.8. The number of esters is 1. The van der Waals surface area contributed by atoms with Gasteiger partial charge in [-0.1, -0.05) is 32.6 Å². The lowest BCUT2D eigenvalue weighted by Crippen LogP contribution is -2.53. The van der Waals surface area contributed by atoms with Gasteiger partial charge in [-0.05, 0) is 62.7 Å². The van der Waals surface area contributed by atoms with Crippen molar-refractivity contribution in [1.29, 1.82) is 0 Å². The number of piperidine rings is 1. The number of hydrogen-bond acceptors (Lipinski definition) is 7. The van der Waals surface area contributed by atoms with E-state index in [0.29, 0.717) is 19.7 Å². The predicted octanol–water partition coefficient (Wildman–Crippen LogP) is 4.09. The summed E-state index contributed by atoms with van der Waals surface area (Å²) in [4.78, 5) is 19.3. The normalized spacial score (nSPS) is 19.8. The Balaban J connectivity index is 1.63. The van der Waals surface area contributed by atoms with E-state index in [-0.39, 0.29) is 17.9 Å². The van der Waals surface area contributed by atoms with Gasteiger partial charge in [-0.15, -0.1) is 0 Å². The number of hydrogen-bond donors (Lipinski definition) is 2. The number of likely N-dealkylation sites (tertiary alicyclic amines) is 1. The monoisotopic (exact) mass is 471 g/mol. The fraction of sp³-hybridized carbons (Fsp3) is 0.630. The van der Waals surface area contributed by atoms with Crippen LogP contribution in [0.25, 0.3) is 10.9 Å². The Labute approximate surface area is 203 Å². The quantitative estimate of drug-likeness (QED) is 0.336. The molecule has 1 aromatic carbocycles. The van der Waals surface area contributed by atoms with Crippen molar-refractivity contribution in [1.82, 2.24) is 15.2 Å². The van der Waals surface area contributed by atoms with E-state index in [1.165, 1.54) is 25.7 Å².